The van der Waals surface area contributed by atoms with Gasteiger partial charge in [-0.1, -0.05) is 18.2 Å². The fraction of sp³-hybridized carbons (Fsp3) is 0.290. The first-order valence-electron chi connectivity index (χ1n) is 13.9. The Labute approximate surface area is 247 Å². The van der Waals surface area contributed by atoms with E-state index in [0.29, 0.717) is 45.5 Å². The van der Waals surface area contributed by atoms with Gasteiger partial charge in [0, 0.05) is 18.3 Å². The Kier molecular flexibility index (Phi) is 7.53. The van der Waals surface area contributed by atoms with Crippen LogP contribution in [-0.2, 0) is 4.79 Å². The Morgan fingerprint density at radius 3 is 2.55 bits per heavy atom. The number of hydrogen-bond donors (Lipinski definition) is 3. The number of aryl methyl sites for hydroxylation is 1. The topological polar surface area (TPSA) is 116 Å². The molecule has 10 nitrogen and oxygen atoms in total. The van der Waals surface area contributed by atoms with Crippen molar-refractivity contribution in [1.82, 2.24) is 20.5 Å². The van der Waals surface area contributed by atoms with E-state index in [0.717, 1.165) is 29.5 Å². The van der Waals surface area contributed by atoms with E-state index in [-0.39, 0.29) is 29.9 Å². The summed E-state index contributed by atoms with van der Waals surface area (Å²) in [6, 6.07) is 16.5. The number of thiophene rings is 1. The zero-order chi connectivity index (χ0) is 29.4. The molecular weight excluding hydrogens is 552 g/mol. The fourth-order valence-corrected chi connectivity index (χ4v) is 6.63. The second-order valence-corrected chi connectivity index (χ2v) is 11.9. The largest absolute Gasteiger partial charge is 0.457 e. The van der Waals surface area contributed by atoms with E-state index in [1.807, 2.05) is 74.4 Å². The number of anilines is 3. The van der Waals surface area contributed by atoms with Gasteiger partial charge in [0.2, 0.25) is 5.91 Å². The number of nitrogens with one attached hydrogen (secondary N) is 3. The molecule has 1 aliphatic carbocycles. The molecule has 4 aromatic rings. The summed E-state index contributed by atoms with van der Waals surface area (Å²) in [7, 11) is 3.71. The van der Waals surface area contributed by atoms with Crippen molar-refractivity contribution in [2.24, 2.45) is 0 Å². The van der Waals surface area contributed by atoms with Crippen LogP contribution in [0.3, 0.4) is 0 Å². The second kappa shape index (κ2) is 11.4. The smallest absolute Gasteiger partial charge is 0.331 e. The van der Waals surface area contributed by atoms with Gasteiger partial charge in [-0.25, -0.2) is 9.78 Å². The predicted octanol–water partition coefficient (Wildman–Crippen LogP) is 5.41. The Morgan fingerprint density at radius 1 is 1.05 bits per heavy atom. The van der Waals surface area contributed by atoms with Crippen LogP contribution < -0.4 is 25.6 Å². The molecular formula is C31H32N6O4S. The monoisotopic (exact) mass is 584 g/mol. The summed E-state index contributed by atoms with van der Waals surface area (Å²) >= 11 is 1.26. The number of ether oxygens (including phenoxy) is 1. The zero-order valence-electron chi connectivity index (χ0n) is 23.6. The van der Waals surface area contributed by atoms with E-state index in [9.17, 15) is 14.4 Å². The lowest BCUT2D eigenvalue weighted by atomic mass is 10.1. The number of likely N-dealkylation sites (N-methyl/N-ethyl adjacent to an activating group) is 1. The highest BCUT2D eigenvalue weighted by molar-refractivity contribution is 7.21. The maximum absolute atomic E-state index is 13.6. The minimum atomic E-state index is -0.355. The third kappa shape index (κ3) is 5.53. The van der Waals surface area contributed by atoms with Crippen LogP contribution in [0, 0.1) is 6.92 Å². The molecule has 1 saturated carbocycles. The molecule has 3 heterocycles. The van der Waals surface area contributed by atoms with Crippen molar-refractivity contribution in [2.75, 3.05) is 30.9 Å². The summed E-state index contributed by atoms with van der Waals surface area (Å²) in [6.45, 7) is 2.26. The second-order valence-electron chi connectivity index (χ2n) is 10.9. The molecule has 1 fully saturated rings. The molecule has 2 aromatic carbocycles. The number of nitrogens with zero attached hydrogens (tertiary/aromatic N) is 3. The van der Waals surface area contributed by atoms with Crippen molar-refractivity contribution < 1.29 is 19.1 Å². The SMILES string of the molecule is Cc1cc(Oc2ccccc2)ccc1N1C(=O)Nc2c(C(=O)NC3CCC(NC(=O)CN(C)C)C3)sc3nccc1c23. The molecule has 0 saturated heterocycles. The Bertz CT molecular complexity index is 1670. The summed E-state index contributed by atoms with van der Waals surface area (Å²) in [5.74, 6) is 1.12. The summed E-state index contributed by atoms with van der Waals surface area (Å²) in [4.78, 5) is 48.2. The van der Waals surface area contributed by atoms with E-state index < -0.39 is 0 Å². The molecule has 0 bridgehead atoms. The number of para-hydroxylation sites is 1. The number of carbonyl (C=O) groups is 3. The number of benzene rings is 2. The standard InChI is InChI=1S/C31H32N6O4S/c1-18-15-22(41-21-7-5-4-6-8-21)11-12-23(18)37-24-13-14-32-30-26(24)27(35-31(37)40)28(42-30)29(39)34-20-10-9-19(16-20)33-25(38)17-36(2)3/h4-8,11-15,19-20H,9-10,16-17H2,1-3H3,(H,33,38)(H,34,39)(H,35,40). The van der Waals surface area contributed by atoms with Crippen molar-refractivity contribution >= 4 is 56.5 Å². The van der Waals surface area contributed by atoms with Crippen LogP contribution >= 0.6 is 11.3 Å². The minimum Gasteiger partial charge on any atom is -0.457 e. The predicted molar refractivity (Wildman–Crippen MR) is 164 cm³/mol. The highest BCUT2D eigenvalue weighted by atomic mass is 32.1. The van der Waals surface area contributed by atoms with Gasteiger partial charge in [-0.05, 0) is 82.2 Å². The maximum atomic E-state index is 13.6. The lowest BCUT2D eigenvalue weighted by Gasteiger charge is -2.29. The number of carbonyl (C=O) groups excluding carboxylic acids is 3. The van der Waals surface area contributed by atoms with Crippen LogP contribution in [0.1, 0.15) is 34.5 Å². The zero-order valence-corrected chi connectivity index (χ0v) is 24.5. The van der Waals surface area contributed by atoms with E-state index in [1.165, 1.54) is 11.3 Å². The van der Waals surface area contributed by atoms with Gasteiger partial charge in [0.05, 0.1) is 29.0 Å². The Balaban J connectivity index is 1.22. The quantitative estimate of drug-likeness (QED) is 0.255. The van der Waals surface area contributed by atoms with Crippen LogP contribution in [0.25, 0.3) is 10.2 Å². The number of urea groups is 1. The van der Waals surface area contributed by atoms with Gasteiger partial charge in [-0.3, -0.25) is 14.5 Å². The van der Waals surface area contributed by atoms with Gasteiger partial charge < -0.3 is 25.6 Å². The van der Waals surface area contributed by atoms with Crippen LogP contribution in [0.15, 0.2) is 60.8 Å². The van der Waals surface area contributed by atoms with E-state index in [2.05, 4.69) is 20.9 Å². The number of aromatic nitrogens is 1. The highest BCUT2D eigenvalue weighted by Gasteiger charge is 2.34. The third-order valence-corrected chi connectivity index (χ3v) is 8.53. The molecule has 2 atom stereocenters. The first kappa shape index (κ1) is 27.7. The molecule has 2 aromatic heterocycles. The Morgan fingerprint density at radius 2 is 1.81 bits per heavy atom. The summed E-state index contributed by atoms with van der Waals surface area (Å²) < 4.78 is 5.97. The van der Waals surface area contributed by atoms with Gasteiger partial charge in [0.1, 0.15) is 21.2 Å². The van der Waals surface area contributed by atoms with Gasteiger partial charge in [0.15, 0.2) is 0 Å². The van der Waals surface area contributed by atoms with Crippen molar-refractivity contribution in [3.8, 4) is 11.5 Å². The van der Waals surface area contributed by atoms with Crippen molar-refractivity contribution in [2.45, 2.75) is 38.3 Å². The van der Waals surface area contributed by atoms with E-state index >= 15 is 0 Å². The van der Waals surface area contributed by atoms with Crippen LogP contribution in [0.5, 0.6) is 11.5 Å². The molecule has 42 heavy (non-hydrogen) atoms. The minimum absolute atomic E-state index is 0.0228. The maximum Gasteiger partial charge on any atom is 0.331 e. The molecule has 0 radical (unpaired) electrons. The fourth-order valence-electron chi connectivity index (χ4n) is 5.61. The number of pyridine rings is 1. The lowest BCUT2D eigenvalue weighted by Crippen LogP contribution is -2.40. The first-order chi connectivity index (χ1) is 20.3. The van der Waals surface area contributed by atoms with Gasteiger partial charge in [-0.15, -0.1) is 11.3 Å². The van der Waals surface area contributed by atoms with Gasteiger partial charge in [0.25, 0.3) is 5.91 Å². The molecule has 2 unspecified atom stereocenters. The van der Waals surface area contributed by atoms with Crippen LogP contribution in [0.4, 0.5) is 21.9 Å². The Hall–Kier alpha value is -4.48. The summed E-state index contributed by atoms with van der Waals surface area (Å²) in [5.41, 5.74) is 2.70. The van der Waals surface area contributed by atoms with Crippen molar-refractivity contribution in [3.63, 3.8) is 0 Å². The molecule has 11 heteroatoms. The lowest BCUT2D eigenvalue weighted by molar-refractivity contribution is -0.122. The summed E-state index contributed by atoms with van der Waals surface area (Å²) in [5, 5.41) is 9.86. The molecule has 6 rings (SSSR count). The van der Waals surface area contributed by atoms with Crippen molar-refractivity contribution in [1.29, 1.82) is 0 Å². The van der Waals surface area contributed by atoms with E-state index in [4.69, 9.17) is 4.74 Å². The molecule has 3 N–H and O–H groups in total. The highest BCUT2D eigenvalue weighted by Crippen LogP contribution is 2.46. The van der Waals surface area contributed by atoms with E-state index in [1.54, 1.807) is 17.2 Å². The summed E-state index contributed by atoms with van der Waals surface area (Å²) in [6.07, 6.45) is 3.89. The number of amides is 4. The average Bonchev–Trinajstić information content (AvgIpc) is 3.54. The number of rotatable bonds is 8. The first-order valence-corrected chi connectivity index (χ1v) is 14.7. The molecule has 0 spiro atoms. The van der Waals surface area contributed by atoms with Gasteiger partial charge >= 0.3 is 6.03 Å². The number of hydrogen-bond acceptors (Lipinski definition) is 7. The third-order valence-electron chi connectivity index (χ3n) is 7.43. The van der Waals surface area contributed by atoms with Crippen LogP contribution in [0.2, 0.25) is 0 Å². The molecule has 4 amide bonds. The molecule has 1 aliphatic heterocycles. The van der Waals surface area contributed by atoms with Gasteiger partial charge in [-0.2, -0.15) is 0 Å². The normalized spacial score (nSPS) is 17.8. The average molecular weight is 585 g/mol. The van der Waals surface area contributed by atoms with Crippen LogP contribution in [-0.4, -0.2) is 60.5 Å². The molecule has 216 valence electrons. The van der Waals surface area contributed by atoms with Crippen molar-refractivity contribution in [3.05, 3.63) is 71.2 Å². The molecule has 2 aliphatic rings.